The Morgan fingerprint density at radius 2 is 1.74 bits per heavy atom. The minimum Gasteiger partial charge on any atom is -0.489 e. The van der Waals surface area contributed by atoms with E-state index in [-0.39, 0.29) is 18.5 Å². The van der Waals surface area contributed by atoms with Gasteiger partial charge in [-0.1, -0.05) is 59.7 Å². The topological polar surface area (TPSA) is 58.0 Å². The molecule has 4 rings (SSSR count). The maximum absolute atomic E-state index is 14.4. The van der Waals surface area contributed by atoms with E-state index in [9.17, 15) is 4.39 Å². The average molecular weight is 359 g/mol. The average Bonchev–Trinajstić information content (AvgIpc) is 2.72. The zero-order valence-electron chi connectivity index (χ0n) is 14.7. The second-order valence-corrected chi connectivity index (χ2v) is 6.55. The number of benzene rings is 3. The van der Waals surface area contributed by atoms with Crippen LogP contribution in [0.25, 0.3) is 32.7 Å². The van der Waals surface area contributed by atoms with E-state index in [1.54, 1.807) is 0 Å². The molecule has 0 spiro atoms. The Kier molecular flexibility index (Phi) is 4.77. The van der Waals surface area contributed by atoms with Crippen molar-refractivity contribution in [1.82, 2.24) is 0 Å². The molecule has 0 amide bonds. The van der Waals surface area contributed by atoms with Crippen LogP contribution in [0.1, 0.15) is 12.0 Å². The Morgan fingerprint density at radius 1 is 1.00 bits per heavy atom. The van der Waals surface area contributed by atoms with Crippen molar-refractivity contribution in [2.75, 3.05) is 6.54 Å². The molecule has 3 aromatic carbocycles. The molecule has 134 valence electrons. The zero-order chi connectivity index (χ0) is 18.6. The number of azide groups is 1. The summed E-state index contributed by atoms with van der Waals surface area (Å²) in [7, 11) is 0. The van der Waals surface area contributed by atoms with E-state index < -0.39 is 0 Å². The molecule has 0 aromatic heterocycles. The standard InChI is InChI=1S/C22H18FN3O/c23-17-12-16-10-11-18(14-25-26-24)27-22(16)21(13-17)20-9-5-4-8-19(20)15-6-2-1-3-7-15/h1-9,12-13,18H,10-11,14H2/t18-/m1/s1. The van der Waals surface area contributed by atoms with Gasteiger partial charge in [0.15, 0.2) is 0 Å². The molecule has 3 aromatic rings. The molecule has 0 aliphatic carbocycles. The molecule has 5 heteroatoms. The van der Waals surface area contributed by atoms with E-state index in [1.807, 2.05) is 54.6 Å². The number of halogens is 1. The third-order valence-corrected chi connectivity index (χ3v) is 4.80. The fraction of sp³-hybridized carbons (Fsp3) is 0.182. The Labute approximate surface area is 156 Å². The smallest absolute Gasteiger partial charge is 0.130 e. The van der Waals surface area contributed by atoms with Crippen LogP contribution in [-0.4, -0.2) is 12.6 Å². The molecule has 1 aliphatic heterocycles. The number of fused-ring (bicyclic) bond motifs is 1. The van der Waals surface area contributed by atoms with Gasteiger partial charge >= 0.3 is 0 Å². The lowest BCUT2D eigenvalue weighted by Gasteiger charge is -2.28. The van der Waals surface area contributed by atoms with Crippen LogP contribution >= 0.6 is 0 Å². The molecule has 0 unspecified atom stereocenters. The SMILES string of the molecule is [N-]=[N+]=NC[C@H]1CCc2cc(F)cc(-c3ccccc3-c3ccccc3)c2O1. The highest BCUT2D eigenvalue weighted by Crippen LogP contribution is 2.42. The third-order valence-electron chi connectivity index (χ3n) is 4.80. The van der Waals surface area contributed by atoms with E-state index in [1.165, 1.54) is 12.1 Å². The van der Waals surface area contributed by atoms with Crippen molar-refractivity contribution in [3.05, 3.63) is 88.6 Å². The summed E-state index contributed by atoms with van der Waals surface area (Å²) in [5.74, 6) is 0.410. The second kappa shape index (κ2) is 7.52. The number of hydrogen-bond acceptors (Lipinski definition) is 2. The van der Waals surface area contributed by atoms with E-state index in [2.05, 4.69) is 10.0 Å². The summed E-state index contributed by atoms with van der Waals surface area (Å²) in [6.07, 6.45) is 1.20. The molecule has 0 N–H and O–H groups in total. The number of ether oxygens (including phenoxy) is 1. The van der Waals surface area contributed by atoms with Crippen LogP contribution in [0.15, 0.2) is 71.8 Å². The molecule has 1 aliphatic rings. The first-order chi connectivity index (χ1) is 13.3. The first-order valence-electron chi connectivity index (χ1n) is 8.91. The number of hydrogen-bond donors (Lipinski definition) is 0. The normalized spacial score (nSPS) is 15.4. The Balaban J connectivity index is 1.84. The molecule has 0 radical (unpaired) electrons. The molecule has 1 atom stereocenters. The highest BCUT2D eigenvalue weighted by Gasteiger charge is 2.24. The van der Waals surface area contributed by atoms with Gasteiger partial charge in [0, 0.05) is 10.5 Å². The Hall–Kier alpha value is -3.30. The number of aryl methyl sites for hydroxylation is 1. The first-order valence-corrected chi connectivity index (χ1v) is 8.91. The van der Waals surface area contributed by atoms with Crippen LogP contribution in [0.2, 0.25) is 0 Å². The van der Waals surface area contributed by atoms with Crippen molar-refractivity contribution in [3.8, 4) is 28.0 Å². The molecule has 4 nitrogen and oxygen atoms in total. The predicted molar refractivity (Wildman–Crippen MR) is 104 cm³/mol. The Bertz CT molecular complexity index is 1010. The van der Waals surface area contributed by atoms with Gasteiger partial charge in [-0.05, 0) is 52.8 Å². The molecule has 0 saturated carbocycles. The van der Waals surface area contributed by atoms with Crippen molar-refractivity contribution in [1.29, 1.82) is 0 Å². The highest BCUT2D eigenvalue weighted by atomic mass is 19.1. The van der Waals surface area contributed by atoms with E-state index in [0.29, 0.717) is 18.6 Å². The van der Waals surface area contributed by atoms with Crippen LogP contribution < -0.4 is 4.74 Å². The van der Waals surface area contributed by atoms with Crippen molar-refractivity contribution in [3.63, 3.8) is 0 Å². The number of nitrogens with zero attached hydrogens (tertiary/aromatic N) is 3. The summed E-state index contributed by atoms with van der Waals surface area (Å²) in [6.45, 7) is 0.271. The summed E-state index contributed by atoms with van der Waals surface area (Å²) in [4.78, 5) is 2.82. The summed E-state index contributed by atoms with van der Waals surface area (Å²) < 4.78 is 20.5. The number of rotatable bonds is 4. The monoisotopic (exact) mass is 359 g/mol. The summed E-state index contributed by atoms with van der Waals surface area (Å²) >= 11 is 0. The van der Waals surface area contributed by atoms with E-state index in [4.69, 9.17) is 10.3 Å². The maximum Gasteiger partial charge on any atom is 0.130 e. The summed E-state index contributed by atoms with van der Waals surface area (Å²) in [5, 5.41) is 3.63. The van der Waals surface area contributed by atoms with Gasteiger partial charge in [-0.15, -0.1) is 0 Å². The van der Waals surface area contributed by atoms with Crippen molar-refractivity contribution >= 4 is 0 Å². The summed E-state index contributed by atoms with van der Waals surface area (Å²) in [5.41, 5.74) is 13.2. The van der Waals surface area contributed by atoms with E-state index in [0.717, 1.165) is 27.8 Å². The van der Waals surface area contributed by atoms with Gasteiger partial charge in [0.25, 0.3) is 0 Å². The lowest BCUT2D eigenvalue weighted by molar-refractivity contribution is 0.182. The fourth-order valence-electron chi connectivity index (χ4n) is 3.56. The van der Waals surface area contributed by atoms with Crippen molar-refractivity contribution in [2.45, 2.75) is 18.9 Å². The molecule has 27 heavy (non-hydrogen) atoms. The van der Waals surface area contributed by atoms with Crippen LogP contribution in [0.5, 0.6) is 5.75 Å². The van der Waals surface area contributed by atoms with Crippen LogP contribution in [0, 0.1) is 5.82 Å². The van der Waals surface area contributed by atoms with Gasteiger partial charge in [0.05, 0.1) is 6.54 Å². The first kappa shape index (κ1) is 17.1. The van der Waals surface area contributed by atoms with Crippen LogP contribution in [0.4, 0.5) is 4.39 Å². The lowest BCUT2D eigenvalue weighted by Crippen LogP contribution is -2.25. The van der Waals surface area contributed by atoms with Crippen LogP contribution in [0.3, 0.4) is 0 Å². The molecular weight excluding hydrogens is 341 g/mol. The fourth-order valence-corrected chi connectivity index (χ4v) is 3.56. The zero-order valence-corrected chi connectivity index (χ0v) is 14.7. The Morgan fingerprint density at radius 3 is 2.52 bits per heavy atom. The van der Waals surface area contributed by atoms with Gasteiger partial charge in [0.1, 0.15) is 17.7 Å². The summed E-state index contributed by atoms with van der Waals surface area (Å²) in [6, 6.07) is 21.0. The van der Waals surface area contributed by atoms with Gasteiger partial charge in [0.2, 0.25) is 0 Å². The quantitative estimate of drug-likeness (QED) is 0.312. The molecular formula is C22H18FN3O. The van der Waals surface area contributed by atoms with Gasteiger partial charge in [-0.3, -0.25) is 0 Å². The van der Waals surface area contributed by atoms with Gasteiger partial charge in [-0.2, -0.15) is 0 Å². The molecule has 0 bridgehead atoms. The van der Waals surface area contributed by atoms with Gasteiger partial charge < -0.3 is 4.74 Å². The predicted octanol–water partition coefficient (Wildman–Crippen LogP) is 6.16. The van der Waals surface area contributed by atoms with Crippen molar-refractivity contribution < 1.29 is 9.13 Å². The van der Waals surface area contributed by atoms with E-state index >= 15 is 0 Å². The van der Waals surface area contributed by atoms with Crippen LogP contribution in [-0.2, 0) is 6.42 Å². The highest BCUT2D eigenvalue weighted by molar-refractivity contribution is 5.86. The lowest BCUT2D eigenvalue weighted by atomic mass is 9.90. The molecule has 0 fully saturated rings. The third kappa shape index (κ3) is 3.50. The second-order valence-electron chi connectivity index (χ2n) is 6.55. The van der Waals surface area contributed by atoms with Gasteiger partial charge in [-0.25, -0.2) is 4.39 Å². The maximum atomic E-state index is 14.4. The molecule has 1 heterocycles. The van der Waals surface area contributed by atoms with Crippen molar-refractivity contribution in [2.24, 2.45) is 5.11 Å². The largest absolute Gasteiger partial charge is 0.489 e. The minimum atomic E-state index is -0.274. The molecule has 0 saturated heterocycles. The minimum absolute atomic E-state index is 0.193.